The number of anilines is 1. The first-order valence-corrected chi connectivity index (χ1v) is 6.48. The standard InChI is InChI=1S/C11H16N2O2S/c12-9-1-2-13-6-8(9)5-10(14)11-7-16-4-3-15-11/h1-2,6,10-11,14H,3-5,7H2,(H2,12,13). The summed E-state index contributed by atoms with van der Waals surface area (Å²) in [6.07, 6.45) is 3.27. The number of rotatable bonds is 3. The topological polar surface area (TPSA) is 68.4 Å². The van der Waals surface area contributed by atoms with E-state index in [1.807, 2.05) is 11.8 Å². The van der Waals surface area contributed by atoms with Gasteiger partial charge in [0.25, 0.3) is 0 Å². The minimum absolute atomic E-state index is 0.0849. The molecular formula is C11H16N2O2S. The number of aromatic nitrogens is 1. The molecule has 1 aromatic rings. The summed E-state index contributed by atoms with van der Waals surface area (Å²) in [7, 11) is 0. The summed E-state index contributed by atoms with van der Waals surface area (Å²) >= 11 is 1.81. The van der Waals surface area contributed by atoms with Crippen LogP contribution in [-0.4, -0.2) is 40.4 Å². The highest BCUT2D eigenvalue weighted by Gasteiger charge is 2.23. The smallest absolute Gasteiger partial charge is 0.0927 e. The minimum Gasteiger partial charge on any atom is -0.398 e. The summed E-state index contributed by atoms with van der Waals surface area (Å²) < 4.78 is 5.52. The van der Waals surface area contributed by atoms with Gasteiger partial charge in [-0.1, -0.05) is 0 Å². The highest BCUT2D eigenvalue weighted by Crippen LogP contribution is 2.19. The minimum atomic E-state index is -0.501. The van der Waals surface area contributed by atoms with E-state index in [-0.39, 0.29) is 6.10 Å². The van der Waals surface area contributed by atoms with Crippen molar-refractivity contribution in [3.05, 3.63) is 24.0 Å². The lowest BCUT2D eigenvalue weighted by Crippen LogP contribution is -2.36. The van der Waals surface area contributed by atoms with Gasteiger partial charge in [-0.25, -0.2) is 0 Å². The van der Waals surface area contributed by atoms with Crippen molar-refractivity contribution in [2.24, 2.45) is 0 Å². The van der Waals surface area contributed by atoms with Gasteiger partial charge in [0.2, 0.25) is 0 Å². The number of nitrogen functional groups attached to an aromatic ring is 1. The lowest BCUT2D eigenvalue weighted by atomic mass is 10.0. The Morgan fingerprint density at radius 3 is 3.25 bits per heavy atom. The van der Waals surface area contributed by atoms with Crippen molar-refractivity contribution in [2.45, 2.75) is 18.6 Å². The second-order valence-corrected chi connectivity index (χ2v) is 4.98. The lowest BCUT2D eigenvalue weighted by molar-refractivity contribution is -0.0207. The molecular weight excluding hydrogens is 224 g/mol. The maximum atomic E-state index is 10.0. The van der Waals surface area contributed by atoms with Crippen LogP contribution in [0.4, 0.5) is 5.69 Å². The first-order chi connectivity index (χ1) is 7.77. The Labute approximate surface area is 99.2 Å². The van der Waals surface area contributed by atoms with Gasteiger partial charge >= 0.3 is 0 Å². The van der Waals surface area contributed by atoms with Crippen molar-refractivity contribution in [2.75, 3.05) is 23.8 Å². The summed E-state index contributed by atoms with van der Waals surface area (Å²) in [5, 5.41) is 10.0. The molecule has 1 aliphatic rings. The third-order valence-electron chi connectivity index (χ3n) is 2.64. The summed E-state index contributed by atoms with van der Waals surface area (Å²) in [6, 6.07) is 1.75. The highest BCUT2D eigenvalue weighted by molar-refractivity contribution is 7.99. The van der Waals surface area contributed by atoms with Gasteiger partial charge in [-0.05, 0) is 11.6 Å². The SMILES string of the molecule is Nc1ccncc1CC(O)C1CSCCO1. The van der Waals surface area contributed by atoms with Crippen LogP contribution in [-0.2, 0) is 11.2 Å². The van der Waals surface area contributed by atoms with E-state index in [0.29, 0.717) is 12.1 Å². The average Bonchev–Trinajstić information content (AvgIpc) is 2.33. The fraction of sp³-hybridized carbons (Fsp3) is 0.545. The molecule has 4 nitrogen and oxygen atoms in total. The largest absolute Gasteiger partial charge is 0.398 e. The van der Waals surface area contributed by atoms with Gasteiger partial charge in [-0.15, -0.1) is 0 Å². The molecule has 0 spiro atoms. The monoisotopic (exact) mass is 240 g/mol. The van der Waals surface area contributed by atoms with Crippen LogP contribution >= 0.6 is 11.8 Å². The van der Waals surface area contributed by atoms with Crippen LogP contribution in [0.1, 0.15) is 5.56 Å². The number of nitrogens with zero attached hydrogens (tertiary/aromatic N) is 1. The van der Waals surface area contributed by atoms with Crippen LogP contribution in [0, 0.1) is 0 Å². The normalized spacial score (nSPS) is 22.9. The summed E-state index contributed by atoms with van der Waals surface area (Å²) in [5.74, 6) is 1.86. The van der Waals surface area contributed by atoms with Crippen LogP contribution in [0.15, 0.2) is 18.5 Å². The van der Waals surface area contributed by atoms with Crippen LogP contribution < -0.4 is 5.73 Å². The average molecular weight is 240 g/mol. The Morgan fingerprint density at radius 1 is 1.69 bits per heavy atom. The number of hydrogen-bond acceptors (Lipinski definition) is 5. The molecule has 5 heteroatoms. The fourth-order valence-electron chi connectivity index (χ4n) is 1.69. The highest BCUT2D eigenvalue weighted by atomic mass is 32.2. The van der Waals surface area contributed by atoms with E-state index >= 15 is 0 Å². The first kappa shape index (κ1) is 11.7. The van der Waals surface area contributed by atoms with Gasteiger partial charge in [0, 0.05) is 36.0 Å². The van der Waals surface area contributed by atoms with Crippen molar-refractivity contribution >= 4 is 17.4 Å². The number of hydrogen-bond donors (Lipinski definition) is 2. The van der Waals surface area contributed by atoms with E-state index in [1.165, 1.54) is 0 Å². The van der Waals surface area contributed by atoms with Gasteiger partial charge in [0.15, 0.2) is 0 Å². The predicted octanol–water partition coefficient (Wildman–Crippen LogP) is 0.699. The quantitative estimate of drug-likeness (QED) is 0.814. The molecule has 1 fully saturated rings. The number of thioether (sulfide) groups is 1. The summed E-state index contributed by atoms with van der Waals surface area (Å²) in [5.41, 5.74) is 7.36. The molecule has 1 aliphatic heterocycles. The van der Waals surface area contributed by atoms with E-state index in [0.717, 1.165) is 23.7 Å². The predicted molar refractivity (Wildman–Crippen MR) is 65.4 cm³/mol. The number of aliphatic hydroxyl groups excluding tert-OH is 1. The maximum absolute atomic E-state index is 10.0. The molecule has 0 saturated carbocycles. The summed E-state index contributed by atoms with van der Waals surface area (Å²) in [4.78, 5) is 4.01. The van der Waals surface area contributed by atoms with E-state index < -0.39 is 6.10 Å². The van der Waals surface area contributed by atoms with Crippen LogP contribution in [0.2, 0.25) is 0 Å². The van der Waals surface area contributed by atoms with Crippen molar-refractivity contribution < 1.29 is 9.84 Å². The molecule has 1 aromatic heterocycles. The van der Waals surface area contributed by atoms with E-state index in [9.17, 15) is 5.11 Å². The van der Waals surface area contributed by atoms with E-state index in [4.69, 9.17) is 10.5 Å². The van der Waals surface area contributed by atoms with Crippen LogP contribution in [0.25, 0.3) is 0 Å². The third kappa shape index (κ3) is 2.87. The Kier molecular flexibility index (Phi) is 4.04. The van der Waals surface area contributed by atoms with Gasteiger partial charge < -0.3 is 15.6 Å². The number of pyridine rings is 1. The van der Waals surface area contributed by atoms with Crippen molar-refractivity contribution in [1.82, 2.24) is 4.98 Å². The number of aliphatic hydroxyl groups is 1. The zero-order chi connectivity index (χ0) is 11.4. The van der Waals surface area contributed by atoms with Crippen molar-refractivity contribution in [3.8, 4) is 0 Å². The Morgan fingerprint density at radius 2 is 2.56 bits per heavy atom. The maximum Gasteiger partial charge on any atom is 0.0927 e. The zero-order valence-electron chi connectivity index (χ0n) is 9.00. The number of nitrogens with two attached hydrogens (primary N) is 1. The molecule has 88 valence electrons. The van der Waals surface area contributed by atoms with Gasteiger partial charge in [0.1, 0.15) is 0 Å². The molecule has 0 radical (unpaired) electrons. The molecule has 0 amide bonds. The Bertz CT molecular complexity index is 343. The van der Waals surface area contributed by atoms with Crippen LogP contribution in [0.3, 0.4) is 0 Å². The molecule has 2 heterocycles. The summed E-state index contributed by atoms with van der Waals surface area (Å²) in [6.45, 7) is 0.717. The van der Waals surface area contributed by atoms with E-state index in [1.54, 1.807) is 18.5 Å². The molecule has 2 rings (SSSR count). The Balaban J connectivity index is 1.96. The lowest BCUT2D eigenvalue weighted by Gasteiger charge is -2.26. The third-order valence-corrected chi connectivity index (χ3v) is 3.66. The Hall–Kier alpha value is -0.780. The fourth-order valence-corrected chi connectivity index (χ4v) is 2.62. The van der Waals surface area contributed by atoms with E-state index in [2.05, 4.69) is 4.98 Å². The van der Waals surface area contributed by atoms with Crippen molar-refractivity contribution in [1.29, 1.82) is 0 Å². The zero-order valence-corrected chi connectivity index (χ0v) is 9.82. The second kappa shape index (κ2) is 5.52. The molecule has 0 aromatic carbocycles. The molecule has 2 unspecified atom stereocenters. The second-order valence-electron chi connectivity index (χ2n) is 3.83. The van der Waals surface area contributed by atoms with Gasteiger partial charge in [-0.2, -0.15) is 11.8 Å². The van der Waals surface area contributed by atoms with Gasteiger partial charge in [0.05, 0.1) is 18.8 Å². The van der Waals surface area contributed by atoms with Gasteiger partial charge in [-0.3, -0.25) is 4.98 Å². The molecule has 2 atom stereocenters. The molecule has 16 heavy (non-hydrogen) atoms. The molecule has 0 bridgehead atoms. The molecule has 0 aliphatic carbocycles. The first-order valence-electron chi connectivity index (χ1n) is 5.33. The number of ether oxygens (including phenoxy) is 1. The molecule has 3 N–H and O–H groups in total. The van der Waals surface area contributed by atoms with Crippen molar-refractivity contribution in [3.63, 3.8) is 0 Å². The molecule has 1 saturated heterocycles. The van der Waals surface area contributed by atoms with Crippen LogP contribution in [0.5, 0.6) is 0 Å².